The van der Waals surface area contributed by atoms with Crippen LogP contribution < -0.4 is 0 Å². The van der Waals surface area contributed by atoms with Crippen LogP contribution in [0.5, 0.6) is 0 Å². The summed E-state index contributed by atoms with van der Waals surface area (Å²) in [7, 11) is 0.0555. The smallest absolute Gasteiger partial charge is 0.254 e. The number of hydrogen-bond acceptors (Lipinski definition) is 3. The Balaban J connectivity index is 2.57. The molecule has 5 nitrogen and oxygen atoms in total. The zero-order valence-electron chi connectivity index (χ0n) is 11.3. The molecule has 1 fully saturated rings. The van der Waals surface area contributed by atoms with Gasteiger partial charge in [-0.25, -0.2) is 8.42 Å². The highest BCUT2D eigenvalue weighted by Gasteiger charge is 2.32. The Kier molecular flexibility index (Phi) is 5.59. The van der Waals surface area contributed by atoms with E-state index in [1.54, 1.807) is 19.0 Å². The minimum Gasteiger partial charge on any atom is -0.396 e. The lowest BCUT2D eigenvalue weighted by molar-refractivity contribution is 0.0791. The molecular formula is C12H24N2O3S. The zero-order valence-corrected chi connectivity index (χ0v) is 12.1. The number of sulfonamides is 1. The van der Waals surface area contributed by atoms with Crippen molar-refractivity contribution in [1.82, 2.24) is 4.90 Å². The SMILES string of the molecule is CN(C)/C=N/S(=O)(=O)CCC1(CO)CCCCC1. The van der Waals surface area contributed by atoms with Crippen molar-refractivity contribution in [3.05, 3.63) is 0 Å². The molecule has 0 unspecified atom stereocenters. The number of aliphatic hydroxyl groups excluding tert-OH is 1. The van der Waals surface area contributed by atoms with Gasteiger partial charge in [0.05, 0.1) is 5.75 Å². The Hall–Kier alpha value is -0.620. The highest BCUT2D eigenvalue weighted by atomic mass is 32.2. The minimum absolute atomic E-state index is 0.0257. The van der Waals surface area contributed by atoms with Crippen molar-refractivity contribution in [3.63, 3.8) is 0 Å². The van der Waals surface area contributed by atoms with Crippen molar-refractivity contribution in [3.8, 4) is 0 Å². The first kappa shape index (κ1) is 15.4. The molecule has 0 amide bonds. The van der Waals surface area contributed by atoms with Crippen LogP contribution in [0, 0.1) is 5.41 Å². The van der Waals surface area contributed by atoms with E-state index >= 15 is 0 Å². The van der Waals surface area contributed by atoms with E-state index in [0.29, 0.717) is 6.42 Å². The van der Waals surface area contributed by atoms with Crippen LogP contribution in [0.1, 0.15) is 38.5 Å². The van der Waals surface area contributed by atoms with Crippen LogP contribution >= 0.6 is 0 Å². The molecule has 0 bridgehead atoms. The minimum atomic E-state index is -3.41. The van der Waals surface area contributed by atoms with Crippen molar-refractivity contribution in [2.45, 2.75) is 38.5 Å². The third kappa shape index (κ3) is 4.94. The lowest BCUT2D eigenvalue weighted by Crippen LogP contribution is -2.30. The van der Waals surface area contributed by atoms with E-state index in [0.717, 1.165) is 25.7 Å². The molecular weight excluding hydrogens is 252 g/mol. The standard InChI is InChI=1S/C12H24N2O3S/c1-14(2)11-13-18(16,17)9-8-12(10-15)6-4-3-5-7-12/h11,15H,3-10H2,1-2H3/b13-11+. The lowest BCUT2D eigenvalue weighted by atomic mass is 9.73. The van der Waals surface area contributed by atoms with E-state index in [4.69, 9.17) is 0 Å². The third-order valence-electron chi connectivity index (χ3n) is 3.58. The molecule has 1 saturated carbocycles. The fraction of sp³-hybridized carbons (Fsp3) is 0.917. The predicted molar refractivity (Wildman–Crippen MR) is 73.2 cm³/mol. The number of nitrogens with zero attached hydrogens (tertiary/aromatic N) is 2. The van der Waals surface area contributed by atoms with Gasteiger partial charge in [-0.1, -0.05) is 19.3 Å². The summed E-state index contributed by atoms with van der Waals surface area (Å²) in [6.07, 6.45) is 7.03. The molecule has 0 atom stereocenters. The Morgan fingerprint density at radius 3 is 2.39 bits per heavy atom. The Morgan fingerprint density at radius 1 is 1.28 bits per heavy atom. The maximum atomic E-state index is 11.7. The van der Waals surface area contributed by atoms with Crippen molar-refractivity contribution >= 4 is 16.4 Å². The molecule has 1 N–H and O–H groups in total. The first-order valence-corrected chi connectivity index (χ1v) is 8.06. The van der Waals surface area contributed by atoms with E-state index in [9.17, 15) is 13.5 Å². The second-order valence-corrected chi connectivity index (χ2v) is 7.22. The van der Waals surface area contributed by atoms with Gasteiger partial charge in [-0.15, -0.1) is 0 Å². The van der Waals surface area contributed by atoms with Crippen LogP contribution in [0.4, 0.5) is 0 Å². The molecule has 0 aliphatic heterocycles. The van der Waals surface area contributed by atoms with E-state index in [2.05, 4.69) is 4.40 Å². The van der Waals surface area contributed by atoms with Gasteiger partial charge in [0, 0.05) is 20.7 Å². The van der Waals surface area contributed by atoms with Gasteiger partial charge >= 0.3 is 0 Å². The Morgan fingerprint density at radius 2 is 1.89 bits per heavy atom. The highest BCUT2D eigenvalue weighted by molar-refractivity contribution is 7.90. The molecule has 1 rings (SSSR count). The van der Waals surface area contributed by atoms with Crippen LogP contribution in [0.25, 0.3) is 0 Å². The summed E-state index contributed by atoms with van der Waals surface area (Å²) in [6, 6.07) is 0. The highest BCUT2D eigenvalue weighted by Crippen LogP contribution is 2.39. The van der Waals surface area contributed by atoms with Gasteiger partial charge in [-0.2, -0.15) is 4.40 Å². The zero-order chi connectivity index (χ0) is 13.6. The van der Waals surface area contributed by atoms with Gasteiger partial charge in [0.1, 0.15) is 6.34 Å². The third-order valence-corrected chi connectivity index (χ3v) is 4.71. The summed E-state index contributed by atoms with van der Waals surface area (Å²) in [5.74, 6) is 0.0257. The summed E-state index contributed by atoms with van der Waals surface area (Å²) < 4.78 is 27.1. The Bertz CT molecular complexity index is 371. The maximum absolute atomic E-state index is 11.7. The number of aliphatic hydroxyl groups is 1. The molecule has 0 saturated heterocycles. The number of rotatable bonds is 6. The first-order chi connectivity index (χ1) is 8.39. The van der Waals surface area contributed by atoms with Crippen LogP contribution in [-0.2, 0) is 10.0 Å². The van der Waals surface area contributed by atoms with Gasteiger partial charge < -0.3 is 10.0 Å². The van der Waals surface area contributed by atoms with E-state index in [-0.39, 0.29) is 17.8 Å². The topological polar surface area (TPSA) is 70.0 Å². The molecule has 0 aromatic rings. The molecule has 0 spiro atoms. The summed E-state index contributed by atoms with van der Waals surface area (Å²) >= 11 is 0. The van der Waals surface area contributed by atoms with Crippen LogP contribution in [0.15, 0.2) is 4.40 Å². The number of hydrogen-bond donors (Lipinski definition) is 1. The normalized spacial score (nSPS) is 20.2. The van der Waals surface area contributed by atoms with Gasteiger partial charge in [-0.3, -0.25) is 0 Å². The van der Waals surface area contributed by atoms with E-state index in [1.807, 2.05) is 0 Å². The van der Waals surface area contributed by atoms with Gasteiger partial charge in [-0.05, 0) is 24.7 Å². The summed E-state index contributed by atoms with van der Waals surface area (Å²) in [6.45, 7) is 0.0832. The second-order valence-electron chi connectivity index (χ2n) is 5.44. The first-order valence-electron chi connectivity index (χ1n) is 6.45. The average Bonchev–Trinajstić information content (AvgIpc) is 2.36. The quantitative estimate of drug-likeness (QED) is 0.585. The average molecular weight is 276 g/mol. The molecule has 1 aliphatic rings. The predicted octanol–water partition coefficient (Wildman–Crippen LogP) is 1.24. The van der Waals surface area contributed by atoms with Crippen molar-refractivity contribution in [2.24, 2.45) is 9.81 Å². The van der Waals surface area contributed by atoms with Gasteiger partial charge in [0.25, 0.3) is 10.0 Å². The molecule has 0 radical (unpaired) electrons. The molecule has 1 aliphatic carbocycles. The van der Waals surface area contributed by atoms with Crippen molar-refractivity contribution in [1.29, 1.82) is 0 Å². The molecule has 0 aromatic heterocycles. The molecule has 106 valence electrons. The van der Waals surface area contributed by atoms with Crippen LogP contribution in [0.2, 0.25) is 0 Å². The van der Waals surface area contributed by atoms with E-state index in [1.165, 1.54) is 12.8 Å². The Labute approximate surface area is 110 Å². The van der Waals surface area contributed by atoms with Crippen molar-refractivity contribution < 1.29 is 13.5 Å². The summed E-state index contributed by atoms with van der Waals surface area (Å²) in [4.78, 5) is 1.60. The maximum Gasteiger partial charge on any atom is 0.254 e. The molecule has 0 heterocycles. The molecule has 0 aromatic carbocycles. The van der Waals surface area contributed by atoms with Gasteiger partial charge in [0.2, 0.25) is 0 Å². The summed E-state index contributed by atoms with van der Waals surface area (Å²) in [5.41, 5.74) is -0.195. The fourth-order valence-electron chi connectivity index (χ4n) is 2.35. The van der Waals surface area contributed by atoms with Crippen LogP contribution in [0.3, 0.4) is 0 Å². The lowest BCUT2D eigenvalue weighted by Gasteiger charge is -2.35. The molecule has 18 heavy (non-hydrogen) atoms. The monoisotopic (exact) mass is 276 g/mol. The van der Waals surface area contributed by atoms with Gasteiger partial charge in [0.15, 0.2) is 0 Å². The molecule has 6 heteroatoms. The summed E-state index contributed by atoms with van der Waals surface area (Å²) in [5, 5.41) is 9.52. The van der Waals surface area contributed by atoms with Crippen molar-refractivity contribution in [2.75, 3.05) is 26.5 Å². The second kappa shape index (κ2) is 6.52. The fourth-order valence-corrected chi connectivity index (χ4v) is 3.48. The van der Waals surface area contributed by atoms with Crippen LogP contribution in [-0.4, -0.2) is 51.2 Å². The largest absolute Gasteiger partial charge is 0.396 e. The van der Waals surface area contributed by atoms with E-state index < -0.39 is 10.0 Å².